The summed E-state index contributed by atoms with van der Waals surface area (Å²) >= 11 is 1.66. The Morgan fingerprint density at radius 3 is 2.12 bits per heavy atom. The molecule has 0 heterocycles. The smallest absolute Gasteiger partial charge is 0.193 e. The fourth-order valence-corrected chi connectivity index (χ4v) is 3.17. The second kappa shape index (κ2) is 7.84. The molecule has 3 heteroatoms. The first kappa shape index (κ1) is 16.3. The van der Waals surface area contributed by atoms with Crippen LogP contribution in [-0.4, -0.2) is 12.0 Å². The SMILES string of the molecule is CSN(Cc1ccccc1)c1cccc(C(=O)c2ccccc2)c1. The first-order valence-corrected chi connectivity index (χ1v) is 9.01. The third kappa shape index (κ3) is 3.87. The van der Waals surface area contributed by atoms with Crippen molar-refractivity contribution in [2.45, 2.75) is 6.54 Å². The Bertz CT molecular complexity index is 802. The standard InChI is InChI=1S/C21H19NOS/c1-24-22(16-17-9-4-2-5-10-17)20-14-8-13-19(15-20)21(23)18-11-6-3-7-12-18/h2-15H,16H2,1H3. The van der Waals surface area contributed by atoms with Crippen LogP contribution in [-0.2, 0) is 6.54 Å². The molecule has 3 aromatic carbocycles. The number of carbonyl (C=O) groups excluding carboxylic acids is 1. The molecule has 0 fully saturated rings. The molecule has 0 N–H and O–H groups in total. The Kier molecular flexibility index (Phi) is 5.34. The summed E-state index contributed by atoms with van der Waals surface area (Å²) in [6, 6.07) is 27.6. The molecule has 3 aromatic rings. The molecule has 0 spiro atoms. The van der Waals surface area contributed by atoms with Gasteiger partial charge in [-0.3, -0.25) is 4.79 Å². The first-order valence-electron chi connectivity index (χ1n) is 7.83. The summed E-state index contributed by atoms with van der Waals surface area (Å²) in [5.74, 6) is 0.0539. The van der Waals surface area contributed by atoms with Gasteiger partial charge in [-0.1, -0.05) is 84.7 Å². The Morgan fingerprint density at radius 2 is 1.46 bits per heavy atom. The van der Waals surface area contributed by atoms with Crippen molar-refractivity contribution >= 4 is 23.4 Å². The molecule has 3 rings (SSSR count). The highest BCUT2D eigenvalue weighted by molar-refractivity contribution is 7.99. The van der Waals surface area contributed by atoms with E-state index in [0.717, 1.165) is 12.2 Å². The first-order chi connectivity index (χ1) is 11.8. The van der Waals surface area contributed by atoms with Gasteiger partial charge in [0, 0.05) is 23.1 Å². The topological polar surface area (TPSA) is 20.3 Å². The van der Waals surface area contributed by atoms with Crippen LogP contribution in [0.25, 0.3) is 0 Å². The largest absolute Gasteiger partial charge is 0.312 e. The number of hydrogen-bond donors (Lipinski definition) is 0. The second-order valence-electron chi connectivity index (χ2n) is 5.45. The van der Waals surface area contributed by atoms with E-state index in [9.17, 15) is 4.79 Å². The van der Waals surface area contributed by atoms with E-state index >= 15 is 0 Å². The van der Waals surface area contributed by atoms with Crippen LogP contribution < -0.4 is 4.31 Å². The molecular formula is C21H19NOS. The van der Waals surface area contributed by atoms with Crippen LogP contribution in [0.3, 0.4) is 0 Å². The van der Waals surface area contributed by atoms with Crippen molar-refractivity contribution in [3.05, 3.63) is 102 Å². The molecule has 0 aliphatic rings. The summed E-state index contributed by atoms with van der Waals surface area (Å²) in [7, 11) is 0. The van der Waals surface area contributed by atoms with Gasteiger partial charge in [0.05, 0.1) is 6.54 Å². The summed E-state index contributed by atoms with van der Waals surface area (Å²) in [5.41, 5.74) is 3.71. The van der Waals surface area contributed by atoms with Crippen molar-refractivity contribution in [3.8, 4) is 0 Å². The summed E-state index contributed by atoms with van der Waals surface area (Å²) in [4.78, 5) is 12.6. The number of benzene rings is 3. The molecular weight excluding hydrogens is 314 g/mol. The van der Waals surface area contributed by atoms with Gasteiger partial charge in [-0.2, -0.15) is 0 Å². The van der Waals surface area contributed by atoms with E-state index in [0.29, 0.717) is 11.1 Å². The third-order valence-corrected chi connectivity index (χ3v) is 4.60. The lowest BCUT2D eigenvalue weighted by Crippen LogP contribution is -2.14. The minimum Gasteiger partial charge on any atom is -0.312 e. The molecule has 0 bridgehead atoms. The monoisotopic (exact) mass is 333 g/mol. The molecule has 0 radical (unpaired) electrons. The summed E-state index contributed by atoms with van der Waals surface area (Å²) in [6.45, 7) is 0.797. The number of ketones is 1. The fraction of sp³-hybridized carbons (Fsp3) is 0.0952. The van der Waals surface area contributed by atoms with Gasteiger partial charge in [0.2, 0.25) is 0 Å². The summed E-state index contributed by atoms with van der Waals surface area (Å²) < 4.78 is 2.19. The minimum atomic E-state index is 0.0539. The number of carbonyl (C=O) groups is 1. The highest BCUT2D eigenvalue weighted by Gasteiger charge is 2.12. The predicted octanol–water partition coefficient (Wildman–Crippen LogP) is 5.20. The lowest BCUT2D eigenvalue weighted by atomic mass is 10.0. The number of rotatable bonds is 6. The normalized spacial score (nSPS) is 10.4. The highest BCUT2D eigenvalue weighted by Crippen LogP contribution is 2.25. The van der Waals surface area contributed by atoms with Crippen molar-refractivity contribution in [2.24, 2.45) is 0 Å². The molecule has 2 nitrogen and oxygen atoms in total. The quantitative estimate of drug-likeness (QED) is 0.457. The van der Waals surface area contributed by atoms with E-state index in [2.05, 4.69) is 22.7 Å². The molecule has 0 aliphatic carbocycles. The minimum absolute atomic E-state index is 0.0539. The van der Waals surface area contributed by atoms with Gasteiger partial charge < -0.3 is 4.31 Å². The van der Waals surface area contributed by atoms with Gasteiger partial charge in [-0.25, -0.2) is 0 Å². The Morgan fingerprint density at radius 1 is 0.833 bits per heavy atom. The van der Waals surface area contributed by atoms with Crippen LogP contribution in [0.2, 0.25) is 0 Å². The van der Waals surface area contributed by atoms with E-state index in [1.807, 2.05) is 72.8 Å². The maximum atomic E-state index is 12.6. The zero-order valence-electron chi connectivity index (χ0n) is 13.6. The Hall–Kier alpha value is -2.52. The zero-order valence-corrected chi connectivity index (χ0v) is 14.4. The van der Waals surface area contributed by atoms with Crippen molar-refractivity contribution in [1.82, 2.24) is 0 Å². The predicted molar refractivity (Wildman–Crippen MR) is 102 cm³/mol. The van der Waals surface area contributed by atoms with E-state index in [1.54, 1.807) is 11.9 Å². The molecule has 24 heavy (non-hydrogen) atoms. The van der Waals surface area contributed by atoms with E-state index < -0.39 is 0 Å². The average Bonchev–Trinajstić information content (AvgIpc) is 2.67. The number of hydrogen-bond acceptors (Lipinski definition) is 3. The molecule has 120 valence electrons. The fourth-order valence-electron chi connectivity index (χ4n) is 2.57. The van der Waals surface area contributed by atoms with Crippen LogP contribution in [0.4, 0.5) is 5.69 Å². The van der Waals surface area contributed by atoms with E-state index in [4.69, 9.17) is 0 Å². The molecule has 0 saturated carbocycles. The second-order valence-corrected chi connectivity index (χ2v) is 6.26. The molecule has 0 saturated heterocycles. The van der Waals surface area contributed by atoms with Gasteiger partial charge in [-0.15, -0.1) is 0 Å². The van der Waals surface area contributed by atoms with Crippen LogP contribution >= 0.6 is 11.9 Å². The van der Waals surface area contributed by atoms with Gasteiger partial charge in [0.1, 0.15) is 0 Å². The number of anilines is 1. The van der Waals surface area contributed by atoms with Gasteiger partial charge >= 0.3 is 0 Å². The lowest BCUT2D eigenvalue weighted by molar-refractivity contribution is 0.103. The van der Waals surface area contributed by atoms with Gasteiger partial charge in [0.25, 0.3) is 0 Å². The molecule has 0 aliphatic heterocycles. The molecule has 0 atom stereocenters. The van der Waals surface area contributed by atoms with E-state index in [-0.39, 0.29) is 5.78 Å². The Labute approximate surface area is 147 Å². The zero-order chi connectivity index (χ0) is 16.8. The van der Waals surface area contributed by atoms with Crippen LogP contribution in [0, 0.1) is 0 Å². The molecule has 0 aromatic heterocycles. The third-order valence-electron chi connectivity index (χ3n) is 3.82. The molecule has 0 amide bonds. The summed E-state index contributed by atoms with van der Waals surface area (Å²) in [5, 5.41) is 0. The molecule has 0 unspecified atom stereocenters. The van der Waals surface area contributed by atoms with Crippen molar-refractivity contribution in [1.29, 1.82) is 0 Å². The van der Waals surface area contributed by atoms with Crippen molar-refractivity contribution in [2.75, 3.05) is 10.6 Å². The van der Waals surface area contributed by atoms with Crippen LogP contribution in [0.5, 0.6) is 0 Å². The Balaban J connectivity index is 1.85. The maximum absolute atomic E-state index is 12.6. The summed E-state index contributed by atoms with van der Waals surface area (Å²) in [6.07, 6.45) is 2.05. The van der Waals surface area contributed by atoms with Crippen molar-refractivity contribution < 1.29 is 4.79 Å². The highest BCUT2D eigenvalue weighted by atomic mass is 32.2. The van der Waals surface area contributed by atoms with Crippen molar-refractivity contribution in [3.63, 3.8) is 0 Å². The maximum Gasteiger partial charge on any atom is 0.193 e. The lowest BCUT2D eigenvalue weighted by Gasteiger charge is -2.22. The van der Waals surface area contributed by atoms with Gasteiger partial charge in [0.15, 0.2) is 5.78 Å². The van der Waals surface area contributed by atoms with E-state index in [1.165, 1.54) is 5.56 Å². The number of nitrogens with zero attached hydrogens (tertiary/aromatic N) is 1. The van der Waals surface area contributed by atoms with Gasteiger partial charge in [-0.05, 0) is 17.7 Å². The van der Waals surface area contributed by atoms with Crippen LogP contribution in [0.1, 0.15) is 21.5 Å². The average molecular weight is 333 g/mol. The van der Waals surface area contributed by atoms with Crippen LogP contribution in [0.15, 0.2) is 84.9 Å².